The van der Waals surface area contributed by atoms with Crippen LogP contribution in [0.15, 0.2) is 35.4 Å². The number of aromatic amines is 2. The maximum Gasteiger partial charge on any atom is 0.334 e. The van der Waals surface area contributed by atoms with E-state index in [9.17, 15) is 4.79 Å². The third kappa shape index (κ3) is 3.67. The van der Waals surface area contributed by atoms with Crippen molar-refractivity contribution in [3.8, 4) is 5.75 Å². The highest BCUT2D eigenvalue weighted by atomic mass is 16.5. The van der Waals surface area contributed by atoms with E-state index in [0.29, 0.717) is 11.2 Å². The minimum Gasteiger partial charge on any atom is -0.497 e. The summed E-state index contributed by atoms with van der Waals surface area (Å²) in [7, 11) is 1.65. The van der Waals surface area contributed by atoms with Gasteiger partial charge in [0.05, 0.1) is 13.2 Å². The highest BCUT2D eigenvalue weighted by Gasteiger charge is 2.29. The molecule has 0 radical (unpaired) electrons. The van der Waals surface area contributed by atoms with Crippen molar-refractivity contribution in [1.82, 2.24) is 15.0 Å². The van der Waals surface area contributed by atoms with Crippen LogP contribution in [0.2, 0.25) is 0 Å². The first-order valence-corrected chi connectivity index (χ1v) is 10.0. The monoisotopic (exact) mass is 383 g/mol. The molecule has 2 aromatic heterocycles. The summed E-state index contributed by atoms with van der Waals surface area (Å²) in [6.45, 7) is 2.09. The molecule has 1 aliphatic carbocycles. The summed E-state index contributed by atoms with van der Waals surface area (Å²) in [5, 5.41) is 0. The first kappa shape index (κ1) is 18.7. The van der Waals surface area contributed by atoms with Crippen LogP contribution in [-0.2, 0) is 11.2 Å². The number of rotatable bonds is 7. The van der Waals surface area contributed by atoms with Crippen LogP contribution in [0.5, 0.6) is 5.75 Å². The number of ether oxygens (including phenoxy) is 2. The fraction of sp³-hybridized carbons (Fsp3) is 0.476. The lowest BCUT2D eigenvalue weighted by Gasteiger charge is -2.21. The topological polar surface area (TPSA) is 83.9 Å². The third-order valence-corrected chi connectivity index (χ3v) is 5.30. The van der Waals surface area contributed by atoms with Crippen LogP contribution < -0.4 is 14.9 Å². The summed E-state index contributed by atoms with van der Waals surface area (Å²) >= 11 is 0. The van der Waals surface area contributed by atoms with E-state index in [1.165, 1.54) is 12.8 Å². The molecule has 1 saturated carbocycles. The van der Waals surface area contributed by atoms with Gasteiger partial charge in [0.25, 0.3) is 5.65 Å². The zero-order chi connectivity index (χ0) is 19.5. The molecule has 1 unspecified atom stereocenters. The molecule has 0 spiro atoms. The molecule has 7 nitrogen and oxygen atoms in total. The van der Waals surface area contributed by atoms with Gasteiger partial charge >= 0.3 is 5.56 Å². The Morgan fingerprint density at radius 2 is 2.00 bits per heavy atom. The normalized spacial score (nSPS) is 15.9. The zero-order valence-electron chi connectivity index (χ0n) is 16.4. The van der Waals surface area contributed by atoms with Crippen LogP contribution in [0.4, 0.5) is 0 Å². The molecule has 2 heterocycles. The third-order valence-electron chi connectivity index (χ3n) is 5.30. The molecule has 1 fully saturated rings. The molecule has 28 heavy (non-hydrogen) atoms. The summed E-state index contributed by atoms with van der Waals surface area (Å²) in [5.74, 6) is 1.61. The maximum absolute atomic E-state index is 12.3. The summed E-state index contributed by atoms with van der Waals surface area (Å²) in [6, 6.07) is 7.86. The number of aromatic nitrogens is 4. The number of methoxy groups -OCH3 is 1. The van der Waals surface area contributed by atoms with Crippen LogP contribution in [0.25, 0.3) is 11.2 Å². The quantitative estimate of drug-likeness (QED) is 0.614. The van der Waals surface area contributed by atoms with Gasteiger partial charge in [-0.15, -0.1) is 0 Å². The molecule has 1 atom stereocenters. The average molecular weight is 383 g/mol. The van der Waals surface area contributed by atoms with E-state index in [2.05, 4.69) is 16.9 Å². The lowest BCUT2D eigenvalue weighted by Crippen LogP contribution is -2.45. The van der Waals surface area contributed by atoms with Gasteiger partial charge in [-0.2, -0.15) is 0 Å². The van der Waals surface area contributed by atoms with E-state index in [-0.39, 0.29) is 17.9 Å². The number of nitrogens with zero attached hydrogens (tertiary/aromatic N) is 2. The van der Waals surface area contributed by atoms with Crippen molar-refractivity contribution in [3.05, 3.63) is 52.3 Å². The van der Waals surface area contributed by atoms with Gasteiger partial charge in [0, 0.05) is 12.0 Å². The Morgan fingerprint density at radius 3 is 2.68 bits per heavy atom. The van der Waals surface area contributed by atoms with Crippen LogP contribution in [0.3, 0.4) is 0 Å². The smallest absolute Gasteiger partial charge is 0.334 e. The molecule has 4 rings (SSSR count). The second-order valence-corrected chi connectivity index (χ2v) is 7.31. The lowest BCUT2D eigenvalue weighted by molar-refractivity contribution is -0.735. The molecular formula is C21H27N4O3+. The van der Waals surface area contributed by atoms with Crippen molar-refractivity contribution in [2.24, 2.45) is 0 Å². The van der Waals surface area contributed by atoms with Crippen LogP contribution >= 0.6 is 0 Å². The van der Waals surface area contributed by atoms with Crippen LogP contribution in [0.1, 0.15) is 56.6 Å². The minimum atomic E-state index is -0.369. The van der Waals surface area contributed by atoms with E-state index in [1.807, 2.05) is 28.8 Å². The number of aryl methyl sites for hydroxylation is 1. The van der Waals surface area contributed by atoms with Gasteiger partial charge in [-0.25, -0.2) is 14.3 Å². The summed E-state index contributed by atoms with van der Waals surface area (Å²) in [4.78, 5) is 23.0. The first-order chi connectivity index (χ1) is 13.7. The molecule has 0 saturated heterocycles. The van der Waals surface area contributed by atoms with E-state index in [0.717, 1.165) is 42.8 Å². The van der Waals surface area contributed by atoms with Crippen molar-refractivity contribution >= 4 is 11.2 Å². The predicted octanol–water partition coefficient (Wildman–Crippen LogP) is 3.01. The number of nitrogens with one attached hydrogen (secondary N) is 2. The predicted molar refractivity (Wildman–Crippen MR) is 105 cm³/mol. The Labute approximate surface area is 163 Å². The lowest BCUT2D eigenvalue weighted by atomic mass is 10.1. The van der Waals surface area contributed by atoms with Gasteiger partial charge in [0.2, 0.25) is 11.7 Å². The molecule has 148 valence electrons. The largest absolute Gasteiger partial charge is 0.497 e. The fourth-order valence-electron chi connectivity index (χ4n) is 3.83. The Balaban J connectivity index is 1.80. The first-order valence-electron chi connectivity index (χ1n) is 10.0. The number of fused-ring (bicyclic) bond motifs is 1. The van der Waals surface area contributed by atoms with E-state index in [1.54, 1.807) is 13.4 Å². The maximum atomic E-state index is 12.3. The van der Waals surface area contributed by atoms with Crippen molar-refractivity contribution in [2.45, 2.75) is 57.8 Å². The van der Waals surface area contributed by atoms with Gasteiger partial charge < -0.3 is 14.5 Å². The summed E-state index contributed by atoms with van der Waals surface area (Å²) in [6.07, 6.45) is 7.75. The minimum absolute atomic E-state index is 0.171. The Bertz CT molecular complexity index is 987. The van der Waals surface area contributed by atoms with Crippen molar-refractivity contribution in [3.63, 3.8) is 0 Å². The SMILES string of the molecule is CCCc1nc2c([nH]1)c(=O)[nH]c[n+]2C(OC1CCCC1)c1ccc(OC)cc1. The van der Waals surface area contributed by atoms with Crippen molar-refractivity contribution < 1.29 is 14.0 Å². The van der Waals surface area contributed by atoms with Crippen molar-refractivity contribution in [1.29, 1.82) is 0 Å². The number of benzene rings is 1. The molecule has 7 heteroatoms. The van der Waals surface area contributed by atoms with Gasteiger partial charge in [-0.1, -0.05) is 24.7 Å². The Hall–Kier alpha value is -2.67. The van der Waals surface area contributed by atoms with Crippen LogP contribution in [-0.4, -0.2) is 28.2 Å². The van der Waals surface area contributed by atoms with E-state index < -0.39 is 0 Å². The summed E-state index contributed by atoms with van der Waals surface area (Å²) in [5.41, 5.74) is 1.92. The standard InChI is InChI=1S/C21H26N4O3/c1-3-6-17-23-18-19(24-17)25(13-22-20(18)26)21(28-16-7-4-5-8-16)14-9-11-15(27-2)12-10-14/h9-13,16,21H,3-8H2,1-2H3,(H,23,24,26)/p+1. The second-order valence-electron chi connectivity index (χ2n) is 7.31. The number of H-pyrrole nitrogens is 2. The Kier molecular flexibility index (Phi) is 5.43. The molecule has 1 aliphatic rings. The van der Waals surface area contributed by atoms with Gasteiger partial charge in [-0.3, -0.25) is 0 Å². The fourth-order valence-corrected chi connectivity index (χ4v) is 3.83. The second kappa shape index (κ2) is 8.14. The number of imidazole rings is 1. The van der Waals surface area contributed by atoms with Gasteiger partial charge in [0.15, 0.2) is 12.2 Å². The van der Waals surface area contributed by atoms with E-state index in [4.69, 9.17) is 14.5 Å². The number of hydrogen-bond acceptors (Lipinski definition) is 4. The van der Waals surface area contributed by atoms with E-state index >= 15 is 0 Å². The van der Waals surface area contributed by atoms with Crippen LogP contribution in [0, 0.1) is 0 Å². The van der Waals surface area contributed by atoms with Crippen molar-refractivity contribution in [2.75, 3.05) is 7.11 Å². The molecule has 0 aliphatic heterocycles. The molecule has 3 aromatic rings. The average Bonchev–Trinajstić information content (AvgIpc) is 3.38. The highest BCUT2D eigenvalue weighted by Crippen LogP contribution is 2.27. The molecule has 0 bridgehead atoms. The van der Waals surface area contributed by atoms with Gasteiger partial charge in [-0.05, 0) is 43.5 Å². The number of hydrogen-bond donors (Lipinski definition) is 2. The van der Waals surface area contributed by atoms with Gasteiger partial charge in [0.1, 0.15) is 5.75 Å². The molecular weight excluding hydrogens is 356 g/mol. The molecule has 1 aromatic carbocycles. The molecule has 2 N–H and O–H groups in total. The Morgan fingerprint density at radius 1 is 1.25 bits per heavy atom. The highest BCUT2D eigenvalue weighted by molar-refractivity contribution is 5.65. The summed E-state index contributed by atoms with van der Waals surface area (Å²) < 4.78 is 13.7. The zero-order valence-corrected chi connectivity index (χ0v) is 16.4. The molecule has 0 amide bonds.